The highest BCUT2D eigenvalue weighted by Gasteiger charge is 2.36. The van der Waals surface area contributed by atoms with Crippen LogP contribution in [-0.4, -0.2) is 12.0 Å². The predicted octanol–water partition coefficient (Wildman–Crippen LogP) is 2.74. The van der Waals surface area contributed by atoms with E-state index < -0.39 is 5.67 Å². The van der Waals surface area contributed by atoms with Gasteiger partial charge < -0.3 is 4.79 Å². The maximum absolute atomic E-state index is 13.5. The molecule has 0 aliphatic heterocycles. The second kappa shape index (κ2) is 3.55. The summed E-state index contributed by atoms with van der Waals surface area (Å²) in [6.45, 7) is 3.01. The number of aldehydes is 1. The summed E-state index contributed by atoms with van der Waals surface area (Å²) in [5.74, 6) is -0.0949. The maximum atomic E-state index is 13.5. The van der Waals surface area contributed by atoms with Crippen molar-refractivity contribution in [2.75, 3.05) is 0 Å². The van der Waals surface area contributed by atoms with Crippen LogP contribution in [0.25, 0.3) is 0 Å². The number of carbonyl (C=O) groups excluding carboxylic acids is 1. The highest BCUT2D eigenvalue weighted by Crippen LogP contribution is 2.37. The van der Waals surface area contributed by atoms with Gasteiger partial charge in [-0.05, 0) is 32.6 Å². The van der Waals surface area contributed by atoms with E-state index in [2.05, 4.69) is 0 Å². The monoisotopic (exact) mass is 172 g/mol. The highest BCUT2D eigenvalue weighted by atomic mass is 19.1. The fraction of sp³-hybridized carbons (Fsp3) is 0.900. The Balaban J connectivity index is 2.60. The van der Waals surface area contributed by atoms with Gasteiger partial charge in [0.05, 0.1) is 5.92 Å². The van der Waals surface area contributed by atoms with Crippen LogP contribution in [0.15, 0.2) is 0 Å². The summed E-state index contributed by atoms with van der Waals surface area (Å²) in [7, 11) is 0. The third kappa shape index (κ3) is 2.05. The molecule has 0 aromatic rings. The van der Waals surface area contributed by atoms with Crippen molar-refractivity contribution in [2.24, 2.45) is 11.8 Å². The molecule has 0 bridgehead atoms. The van der Waals surface area contributed by atoms with Gasteiger partial charge in [0.25, 0.3) is 0 Å². The Morgan fingerprint density at radius 3 is 2.25 bits per heavy atom. The number of alkyl halides is 1. The normalized spacial score (nSPS) is 22.6. The molecule has 0 saturated heterocycles. The van der Waals surface area contributed by atoms with Crippen LogP contribution in [-0.2, 0) is 4.79 Å². The summed E-state index contributed by atoms with van der Waals surface area (Å²) in [4.78, 5) is 10.7. The zero-order valence-electron chi connectivity index (χ0n) is 7.85. The van der Waals surface area contributed by atoms with Crippen LogP contribution < -0.4 is 0 Å². The minimum Gasteiger partial charge on any atom is -0.303 e. The molecule has 0 aromatic heterocycles. The Labute approximate surface area is 73.3 Å². The molecule has 0 heterocycles. The minimum absolute atomic E-state index is 0.294. The van der Waals surface area contributed by atoms with E-state index in [1.165, 1.54) is 13.8 Å². The first-order chi connectivity index (χ1) is 5.55. The van der Waals surface area contributed by atoms with Crippen molar-refractivity contribution in [1.82, 2.24) is 0 Å². The molecule has 1 unspecified atom stereocenters. The Kier molecular flexibility index (Phi) is 2.86. The number of rotatable bonds is 3. The average molecular weight is 172 g/mol. The van der Waals surface area contributed by atoms with Crippen LogP contribution in [0.2, 0.25) is 0 Å². The number of hydrogen-bond donors (Lipinski definition) is 0. The van der Waals surface area contributed by atoms with Gasteiger partial charge in [0.2, 0.25) is 0 Å². The molecule has 0 spiro atoms. The standard InChI is InChI=1S/C10H17FO/c1-10(2,11)9(7-12)8-5-3-4-6-8/h7-9H,3-6H2,1-2H3. The zero-order valence-corrected chi connectivity index (χ0v) is 7.85. The molecule has 0 N–H and O–H groups in total. The van der Waals surface area contributed by atoms with Crippen molar-refractivity contribution in [1.29, 1.82) is 0 Å². The predicted molar refractivity (Wildman–Crippen MR) is 46.7 cm³/mol. The lowest BCUT2D eigenvalue weighted by Gasteiger charge is -2.26. The largest absolute Gasteiger partial charge is 0.303 e. The lowest BCUT2D eigenvalue weighted by molar-refractivity contribution is -0.117. The van der Waals surface area contributed by atoms with Gasteiger partial charge in [-0.25, -0.2) is 4.39 Å². The first-order valence-corrected chi connectivity index (χ1v) is 4.70. The van der Waals surface area contributed by atoms with Gasteiger partial charge in [-0.15, -0.1) is 0 Å². The molecule has 1 fully saturated rings. The highest BCUT2D eigenvalue weighted by molar-refractivity contribution is 5.56. The van der Waals surface area contributed by atoms with Gasteiger partial charge in [-0.1, -0.05) is 12.8 Å². The van der Waals surface area contributed by atoms with Gasteiger partial charge in [0.15, 0.2) is 0 Å². The molecule has 1 nitrogen and oxygen atoms in total. The summed E-state index contributed by atoms with van der Waals surface area (Å²) >= 11 is 0. The fourth-order valence-electron chi connectivity index (χ4n) is 2.15. The van der Waals surface area contributed by atoms with E-state index in [4.69, 9.17) is 0 Å². The smallest absolute Gasteiger partial charge is 0.126 e. The van der Waals surface area contributed by atoms with Gasteiger partial charge in [-0.3, -0.25) is 0 Å². The van der Waals surface area contributed by atoms with Gasteiger partial charge >= 0.3 is 0 Å². The van der Waals surface area contributed by atoms with Crippen LogP contribution in [0.3, 0.4) is 0 Å². The van der Waals surface area contributed by atoms with E-state index in [0.717, 1.165) is 32.0 Å². The minimum atomic E-state index is -1.34. The number of halogens is 1. The molecular formula is C10H17FO. The van der Waals surface area contributed by atoms with Crippen molar-refractivity contribution in [2.45, 2.75) is 45.2 Å². The molecule has 1 aliphatic rings. The van der Waals surface area contributed by atoms with Crippen LogP contribution in [0, 0.1) is 11.8 Å². The van der Waals surface area contributed by atoms with E-state index in [-0.39, 0.29) is 5.92 Å². The van der Waals surface area contributed by atoms with Gasteiger partial charge in [0.1, 0.15) is 12.0 Å². The third-order valence-electron chi connectivity index (χ3n) is 2.85. The van der Waals surface area contributed by atoms with Gasteiger partial charge in [0, 0.05) is 0 Å². The van der Waals surface area contributed by atoms with E-state index in [9.17, 15) is 9.18 Å². The first-order valence-electron chi connectivity index (χ1n) is 4.70. The Morgan fingerprint density at radius 2 is 1.92 bits per heavy atom. The van der Waals surface area contributed by atoms with Crippen molar-refractivity contribution >= 4 is 6.29 Å². The van der Waals surface area contributed by atoms with Crippen molar-refractivity contribution in [3.63, 3.8) is 0 Å². The molecule has 1 atom stereocenters. The van der Waals surface area contributed by atoms with Crippen molar-refractivity contribution < 1.29 is 9.18 Å². The second-order valence-corrected chi connectivity index (χ2v) is 4.27. The molecule has 0 aromatic carbocycles. The number of hydrogen-bond acceptors (Lipinski definition) is 1. The van der Waals surface area contributed by atoms with E-state index in [1.807, 2.05) is 0 Å². The molecule has 1 saturated carbocycles. The zero-order chi connectivity index (χ0) is 9.19. The lowest BCUT2D eigenvalue weighted by atomic mass is 9.81. The fourth-order valence-corrected chi connectivity index (χ4v) is 2.15. The van der Waals surface area contributed by atoms with Crippen LogP contribution in [0.1, 0.15) is 39.5 Å². The topological polar surface area (TPSA) is 17.1 Å². The Bertz CT molecular complexity index is 154. The lowest BCUT2D eigenvalue weighted by Crippen LogP contribution is -2.32. The summed E-state index contributed by atoms with van der Waals surface area (Å²) in [5.41, 5.74) is -1.34. The van der Waals surface area contributed by atoms with Gasteiger partial charge in [-0.2, -0.15) is 0 Å². The summed E-state index contributed by atoms with van der Waals surface area (Å²) < 4.78 is 13.5. The Hall–Kier alpha value is -0.400. The van der Waals surface area contributed by atoms with Crippen molar-refractivity contribution in [3.05, 3.63) is 0 Å². The summed E-state index contributed by atoms with van der Waals surface area (Å²) in [6.07, 6.45) is 5.17. The van der Waals surface area contributed by atoms with Crippen LogP contribution >= 0.6 is 0 Å². The molecular weight excluding hydrogens is 155 g/mol. The third-order valence-corrected chi connectivity index (χ3v) is 2.85. The maximum Gasteiger partial charge on any atom is 0.126 e. The molecule has 1 rings (SSSR count). The molecule has 1 aliphatic carbocycles. The quantitative estimate of drug-likeness (QED) is 0.598. The molecule has 12 heavy (non-hydrogen) atoms. The average Bonchev–Trinajstić information content (AvgIpc) is 2.38. The number of carbonyl (C=O) groups is 1. The molecule has 70 valence electrons. The Morgan fingerprint density at radius 1 is 1.42 bits per heavy atom. The molecule has 0 amide bonds. The van der Waals surface area contributed by atoms with Crippen molar-refractivity contribution in [3.8, 4) is 0 Å². The van der Waals surface area contributed by atoms with Crippen LogP contribution in [0.5, 0.6) is 0 Å². The molecule has 0 radical (unpaired) electrons. The summed E-state index contributed by atoms with van der Waals surface area (Å²) in [5, 5.41) is 0. The van der Waals surface area contributed by atoms with E-state index in [0.29, 0.717) is 5.92 Å². The van der Waals surface area contributed by atoms with E-state index >= 15 is 0 Å². The SMILES string of the molecule is CC(C)(F)C(C=O)C1CCCC1. The summed E-state index contributed by atoms with van der Waals surface area (Å²) in [6, 6.07) is 0. The van der Waals surface area contributed by atoms with E-state index in [1.54, 1.807) is 0 Å². The van der Waals surface area contributed by atoms with Crippen LogP contribution in [0.4, 0.5) is 4.39 Å². The second-order valence-electron chi connectivity index (χ2n) is 4.27. The molecule has 2 heteroatoms. The first kappa shape index (κ1) is 9.69.